The Morgan fingerprint density at radius 2 is 2.28 bits per heavy atom. The molecule has 2 aromatic rings. The molecule has 0 atom stereocenters. The third kappa shape index (κ3) is 2.79. The second-order valence-electron chi connectivity index (χ2n) is 3.96. The molecule has 18 heavy (non-hydrogen) atoms. The van der Waals surface area contributed by atoms with E-state index in [1.807, 2.05) is 25.1 Å². The molecule has 0 spiro atoms. The summed E-state index contributed by atoms with van der Waals surface area (Å²) in [4.78, 5) is 18.5. The third-order valence-electron chi connectivity index (χ3n) is 2.66. The number of nitrogens with zero attached hydrogens (tertiary/aromatic N) is 1. The highest BCUT2D eigenvalue weighted by Gasteiger charge is 2.09. The number of benzene rings is 1. The monoisotopic (exact) mass is 308 g/mol. The van der Waals surface area contributed by atoms with Gasteiger partial charge in [0, 0.05) is 10.0 Å². The zero-order valence-corrected chi connectivity index (χ0v) is 11.7. The topological polar surface area (TPSA) is 55.0 Å². The predicted molar refractivity (Wildman–Crippen MR) is 72.2 cm³/mol. The van der Waals surface area contributed by atoms with Crippen LogP contribution in [-0.2, 0) is 16.0 Å². The van der Waals surface area contributed by atoms with E-state index < -0.39 is 0 Å². The predicted octanol–water partition coefficient (Wildman–Crippen LogP) is 2.86. The van der Waals surface area contributed by atoms with Gasteiger partial charge in [0.1, 0.15) is 12.2 Å². The van der Waals surface area contributed by atoms with Gasteiger partial charge in [-0.15, -0.1) is 0 Å². The van der Waals surface area contributed by atoms with Crippen LogP contribution < -0.4 is 0 Å². The summed E-state index contributed by atoms with van der Waals surface area (Å²) >= 11 is 3.44. The molecular weight excluding hydrogens is 296 g/mol. The Bertz CT molecular complexity index is 578. The van der Waals surface area contributed by atoms with Crippen LogP contribution in [0.3, 0.4) is 0 Å². The van der Waals surface area contributed by atoms with Gasteiger partial charge in [0.05, 0.1) is 19.0 Å². The van der Waals surface area contributed by atoms with Crippen molar-refractivity contribution in [1.82, 2.24) is 9.97 Å². The number of hydrogen-bond acceptors (Lipinski definition) is 3. The number of rotatable bonds is 3. The van der Waals surface area contributed by atoms with E-state index >= 15 is 0 Å². The van der Waals surface area contributed by atoms with Crippen LogP contribution in [0, 0.1) is 6.92 Å². The molecule has 2 rings (SSSR count). The van der Waals surface area contributed by atoms with Crippen LogP contribution in [0.5, 0.6) is 0 Å². The molecule has 1 heterocycles. The van der Waals surface area contributed by atoms with Crippen LogP contribution >= 0.6 is 15.9 Å². The molecule has 0 aliphatic rings. The summed E-state index contributed by atoms with van der Waals surface area (Å²) in [5, 5.41) is 0. The summed E-state index contributed by atoms with van der Waals surface area (Å²) in [7, 11) is 1.37. The normalized spacial score (nSPS) is 10.4. The molecule has 94 valence electrons. The number of ether oxygens (including phenoxy) is 1. The molecule has 0 unspecified atom stereocenters. The lowest BCUT2D eigenvalue weighted by atomic mass is 10.1. The van der Waals surface area contributed by atoms with Crippen molar-refractivity contribution in [3.63, 3.8) is 0 Å². The number of aromatic amines is 1. The van der Waals surface area contributed by atoms with E-state index in [1.54, 1.807) is 6.20 Å². The van der Waals surface area contributed by atoms with Crippen LogP contribution in [0.25, 0.3) is 11.3 Å². The molecule has 0 amide bonds. The Hall–Kier alpha value is -1.62. The zero-order valence-electron chi connectivity index (χ0n) is 10.2. The van der Waals surface area contributed by atoms with Crippen molar-refractivity contribution in [3.8, 4) is 11.3 Å². The molecule has 4 nitrogen and oxygen atoms in total. The minimum atomic E-state index is -0.304. The molecular formula is C13H13BrN2O2. The van der Waals surface area contributed by atoms with Crippen LogP contribution in [0.4, 0.5) is 0 Å². The molecule has 0 saturated heterocycles. The maximum Gasteiger partial charge on any atom is 0.313 e. The fraction of sp³-hybridized carbons (Fsp3) is 0.231. The van der Waals surface area contributed by atoms with Gasteiger partial charge in [0.25, 0.3) is 0 Å². The average Bonchev–Trinajstić information content (AvgIpc) is 2.80. The number of imidazole rings is 1. The summed E-state index contributed by atoms with van der Waals surface area (Å²) in [5.74, 6) is 0.304. The summed E-state index contributed by atoms with van der Waals surface area (Å²) in [6.07, 6.45) is 1.89. The highest BCUT2D eigenvalue weighted by atomic mass is 79.9. The molecule has 0 aliphatic heterocycles. The van der Waals surface area contributed by atoms with Crippen molar-refractivity contribution < 1.29 is 9.53 Å². The standard InChI is InChI=1S/C13H13BrN2O2/c1-8-3-4-9(14)5-10(8)11-7-15-12(16-11)6-13(17)18-2/h3-5,7H,6H2,1-2H3,(H,15,16). The molecule has 0 aliphatic carbocycles. The minimum Gasteiger partial charge on any atom is -0.469 e. The van der Waals surface area contributed by atoms with E-state index in [0.717, 1.165) is 21.3 Å². The van der Waals surface area contributed by atoms with Gasteiger partial charge in [-0.25, -0.2) is 4.98 Å². The lowest BCUT2D eigenvalue weighted by Gasteiger charge is -2.03. The van der Waals surface area contributed by atoms with Gasteiger partial charge in [-0.05, 0) is 24.6 Å². The van der Waals surface area contributed by atoms with E-state index in [2.05, 4.69) is 30.6 Å². The number of carbonyl (C=O) groups is 1. The van der Waals surface area contributed by atoms with E-state index in [-0.39, 0.29) is 12.4 Å². The summed E-state index contributed by atoms with van der Waals surface area (Å²) in [6, 6.07) is 6.04. The van der Waals surface area contributed by atoms with Crippen LogP contribution in [0.1, 0.15) is 11.4 Å². The Labute approximate surface area is 114 Å². The van der Waals surface area contributed by atoms with Gasteiger partial charge in [-0.2, -0.15) is 0 Å². The van der Waals surface area contributed by atoms with Crippen molar-refractivity contribution in [2.45, 2.75) is 13.3 Å². The summed E-state index contributed by atoms with van der Waals surface area (Å²) < 4.78 is 5.61. The molecule has 1 aromatic heterocycles. The Balaban J connectivity index is 2.29. The first kappa shape index (κ1) is 12.8. The number of nitrogens with one attached hydrogen (secondary N) is 1. The largest absolute Gasteiger partial charge is 0.469 e. The number of halogens is 1. The lowest BCUT2D eigenvalue weighted by molar-refractivity contribution is -0.139. The summed E-state index contributed by atoms with van der Waals surface area (Å²) in [6.45, 7) is 2.03. The first-order valence-corrected chi connectivity index (χ1v) is 6.26. The number of esters is 1. The van der Waals surface area contributed by atoms with Gasteiger partial charge in [-0.3, -0.25) is 4.79 Å². The van der Waals surface area contributed by atoms with Crippen molar-refractivity contribution in [2.75, 3.05) is 7.11 Å². The van der Waals surface area contributed by atoms with E-state index in [9.17, 15) is 4.79 Å². The van der Waals surface area contributed by atoms with Gasteiger partial charge in [0.15, 0.2) is 0 Å². The SMILES string of the molecule is COC(=O)Cc1ncc(-c2cc(Br)ccc2C)[nH]1. The number of aromatic nitrogens is 2. The number of aryl methyl sites for hydroxylation is 1. The summed E-state index contributed by atoms with van der Waals surface area (Å²) in [5.41, 5.74) is 3.10. The highest BCUT2D eigenvalue weighted by Crippen LogP contribution is 2.25. The minimum absolute atomic E-state index is 0.156. The smallest absolute Gasteiger partial charge is 0.313 e. The lowest BCUT2D eigenvalue weighted by Crippen LogP contribution is -2.05. The van der Waals surface area contributed by atoms with E-state index in [0.29, 0.717) is 5.82 Å². The highest BCUT2D eigenvalue weighted by molar-refractivity contribution is 9.10. The van der Waals surface area contributed by atoms with Gasteiger partial charge < -0.3 is 9.72 Å². The van der Waals surface area contributed by atoms with E-state index in [1.165, 1.54) is 7.11 Å². The van der Waals surface area contributed by atoms with Crippen LogP contribution in [0.2, 0.25) is 0 Å². The first-order chi connectivity index (χ1) is 8.60. The molecule has 1 N–H and O–H groups in total. The Morgan fingerprint density at radius 3 is 3.00 bits per heavy atom. The number of methoxy groups -OCH3 is 1. The fourth-order valence-electron chi connectivity index (χ4n) is 1.68. The van der Waals surface area contributed by atoms with Gasteiger partial charge in [0.2, 0.25) is 0 Å². The zero-order chi connectivity index (χ0) is 13.1. The average molecular weight is 309 g/mol. The molecule has 5 heteroatoms. The van der Waals surface area contributed by atoms with Crippen LogP contribution in [-0.4, -0.2) is 23.0 Å². The number of carbonyl (C=O) groups excluding carboxylic acids is 1. The molecule has 0 radical (unpaired) electrons. The molecule has 0 bridgehead atoms. The van der Waals surface area contributed by atoms with Crippen molar-refractivity contribution in [3.05, 3.63) is 40.3 Å². The number of H-pyrrole nitrogens is 1. The number of hydrogen-bond donors (Lipinski definition) is 1. The van der Waals surface area contributed by atoms with Crippen molar-refractivity contribution in [2.24, 2.45) is 0 Å². The third-order valence-corrected chi connectivity index (χ3v) is 3.15. The Morgan fingerprint density at radius 1 is 1.50 bits per heavy atom. The molecule has 0 fully saturated rings. The second kappa shape index (κ2) is 5.35. The maximum atomic E-state index is 11.2. The second-order valence-corrected chi connectivity index (χ2v) is 4.87. The fourth-order valence-corrected chi connectivity index (χ4v) is 2.04. The Kier molecular flexibility index (Phi) is 3.81. The van der Waals surface area contributed by atoms with Crippen LogP contribution in [0.15, 0.2) is 28.9 Å². The van der Waals surface area contributed by atoms with E-state index in [4.69, 9.17) is 0 Å². The van der Waals surface area contributed by atoms with Gasteiger partial charge in [-0.1, -0.05) is 22.0 Å². The molecule has 1 aromatic carbocycles. The van der Waals surface area contributed by atoms with Crippen molar-refractivity contribution in [1.29, 1.82) is 0 Å². The maximum absolute atomic E-state index is 11.2. The molecule has 0 saturated carbocycles. The quantitative estimate of drug-likeness (QED) is 0.887. The van der Waals surface area contributed by atoms with Crippen molar-refractivity contribution >= 4 is 21.9 Å². The first-order valence-electron chi connectivity index (χ1n) is 5.47. The van der Waals surface area contributed by atoms with Gasteiger partial charge >= 0.3 is 5.97 Å².